The summed E-state index contributed by atoms with van der Waals surface area (Å²) in [5.74, 6) is 1.27. The molecule has 0 aliphatic carbocycles. The molecule has 2 aromatic heterocycles. The highest BCUT2D eigenvalue weighted by Gasteiger charge is 2.15. The van der Waals surface area contributed by atoms with Gasteiger partial charge in [0.05, 0.1) is 23.5 Å². The monoisotopic (exact) mass is 362 g/mol. The van der Waals surface area contributed by atoms with E-state index >= 15 is 0 Å². The summed E-state index contributed by atoms with van der Waals surface area (Å²) in [7, 11) is 1.92. The zero-order valence-corrected chi connectivity index (χ0v) is 15.7. The number of hydrogen-bond donors (Lipinski definition) is 1. The first-order chi connectivity index (χ1) is 11.6. The number of rotatable bonds is 6. The van der Waals surface area contributed by atoms with Gasteiger partial charge in [0.2, 0.25) is 5.89 Å². The maximum atomic E-state index is 5.33. The van der Waals surface area contributed by atoms with Gasteiger partial charge in [0.15, 0.2) is 5.82 Å². The lowest BCUT2D eigenvalue weighted by Crippen LogP contribution is -2.24. The Bertz CT molecular complexity index is 811. The van der Waals surface area contributed by atoms with Gasteiger partial charge in [0.1, 0.15) is 0 Å². The molecule has 0 aliphatic heterocycles. The predicted octanol–water partition coefficient (Wildman–Crippen LogP) is 2.43. The van der Waals surface area contributed by atoms with Gasteiger partial charge in [-0.25, -0.2) is 4.68 Å². The first-order valence-corrected chi connectivity index (χ1v) is 8.03. The Morgan fingerprint density at radius 1 is 1.20 bits per heavy atom. The molecule has 3 rings (SSSR count). The van der Waals surface area contributed by atoms with E-state index in [1.807, 2.05) is 30.8 Å². The van der Waals surface area contributed by atoms with Crippen molar-refractivity contribution in [3.8, 4) is 5.69 Å². The van der Waals surface area contributed by atoms with E-state index < -0.39 is 0 Å². The highest BCUT2D eigenvalue weighted by atomic mass is 35.5. The molecule has 1 unspecified atom stereocenters. The third kappa shape index (κ3) is 4.43. The molecule has 3 aromatic rings. The summed E-state index contributed by atoms with van der Waals surface area (Å²) in [5, 5.41) is 15.7. The molecule has 2 heterocycles. The standard InChI is InChI=1S/C17H22N6O.ClH/c1-11-5-7-14(8-6-11)23-13(3)15(20-22-23)10-17-19-16(21-24-17)9-12(2)18-4;/h5-8,12,18H,9-10H2,1-4H3;1H. The van der Waals surface area contributed by atoms with Gasteiger partial charge in [0.25, 0.3) is 0 Å². The quantitative estimate of drug-likeness (QED) is 0.725. The molecule has 0 amide bonds. The molecule has 7 nitrogen and oxygen atoms in total. The van der Waals surface area contributed by atoms with Crippen LogP contribution in [0.5, 0.6) is 0 Å². The van der Waals surface area contributed by atoms with Crippen molar-refractivity contribution in [2.24, 2.45) is 0 Å². The van der Waals surface area contributed by atoms with Crippen molar-refractivity contribution < 1.29 is 4.52 Å². The van der Waals surface area contributed by atoms with Crippen molar-refractivity contribution in [1.82, 2.24) is 30.5 Å². The minimum atomic E-state index is 0. The molecule has 0 bridgehead atoms. The third-order valence-corrected chi connectivity index (χ3v) is 4.08. The number of likely N-dealkylation sites (N-methyl/N-ethyl adjacent to an activating group) is 1. The Kier molecular flexibility index (Phi) is 6.27. The smallest absolute Gasteiger partial charge is 0.232 e. The summed E-state index contributed by atoms with van der Waals surface area (Å²) in [6, 6.07) is 8.49. The van der Waals surface area contributed by atoms with Crippen LogP contribution in [0.3, 0.4) is 0 Å². The van der Waals surface area contributed by atoms with Crippen molar-refractivity contribution in [2.45, 2.75) is 39.7 Å². The van der Waals surface area contributed by atoms with Crippen LogP contribution in [0.4, 0.5) is 0 Å². The number of nitrogens with one attached hydrogen (secondary N) is 1. The SMILES string of the molecule is CNC(C)Cc1noc(Cc2nnn(-c3ccc(C)cc3)c2C)n1.Cl. The van der Waals surface area contributed by atoms with Crippen LogP contribution < -0.4 is 5.32 Å². The zero-order valence-electron chi connectivity index (χ0n) is 14.9. The van der Waals surface area contributed by atoms with E-state index in [1.165, 1.54) is 5.56 Å². The number of aromatic nitrogens is 5. The van der Waals surface area contributed by atoms with E-state index in [4.69, 9.17) is 4.52 Å². The molecule has 134 valence electrons. The van der Waals surface area contributed by atoms with Gasteiger partial charge >= 0.3 is 0 Å². The molecule has 25 heavy (non-hydrogen) atoms. The van der Waals surface area contributed by atoms with Gasteiger partial charge < -0.3 is 9.84 Å². The predicted molar refractivity (Wildman–Crippen MR) is 97.4 cm³/mol. The van der Waals surface area contributed by atoms with Crippen LogP contribution in [-0.4, -0.2) is 38.2 Å². The van der Waals surface area contributed by atoms with Crippen molar-refractivity contribution >= 4 is 12.4 Å². The molecule has 1 atom stereocenters. The van der Waals surface area contributed by atoms with Crippen LogP contribution in [0, 0.1) is 13.8 Å². The van der Waals surface area contributed by atoms with E-state index in [1.54, 1.807) is 0 Å². The lowest BCUT2D eigenvalue weighted by atomic mass is 10.2. The second-order valence-electron chi connectivity index (χ2n) is 6.04. The van der Waals surface area contributed by atoms with E-state index in [9.17, 15) is 0 Å². The minimum Gasteiger partial charge on any atom is -0.339 e. The lowest BCUT2D eigenvalue weighted by molar-refractivity contribution is 0.376. The largest absolute Gasteiger partial charge is 0.339 e. The summed E-state index contributed by atoms with van der Waals surface area (Å²) in [6.45, 7) is 6.13. The van der Waals surface area contributed by atoms with Crippen molar-refractivity contribution in [3.05, 3.63) is 52.9 Å². The summed E-state index contributed by atoms with van der Waals surface area (Å²) < 4.78 is 7.16. The molecule has 1 N–H and O–H groups in total. The van der Waals surface area contributed by atoms with E-state index in [0.29, 0.717) is 24.2 Å². The normalized spacial score (nSPS) is 12.0. The number of benzene rings is 1. The molecule has 0 saturated heterocycles. The average molecular weight is 363 g/mol. The maximum absolute atomic E-state index is 5.33. The Hall–Kier alpha value is -2.25. The molecule has 1 aromatic carbocycles. The number of halogens is 1. The number of nitrogens with zero attached hydrogens (tertiary/aromatic N) is 5. The van der Waals surface area contributed by atoms with Crippen molar-refractivity contribution in [2.75, 3.05) is 7.05 Å². The molecular formula is C17H23ClN6O. The Balaban J connectivity index is 0.00000225. The second kappa shape index (κ2) is 8.22. The summed E-state index contributed by atoms with van der Waals surface area (Å²) in [6.07, 6.45) is 1.22. The van der Waals surface area contributed by atoms with Crippen molar-refractivity contribution in [3.63, 3.8) is 0 Å². The summed E-state index contributed by atoms with van der Waals surface area (Å²) in [5.41, 5.74) is 4.02. The first kappa shape index (κ1) is 19.1. The maximum Gasteiger partial charge on any atom is 0.232 e. The fraction of sp³-hybridized carbons (Fsp3) is 0.412. The topological polar surface area (TPSA) is 81.7 Å². The molecular weight excluding hydrogens is 340 g/mol. The van der Waals surface area contributed by atoms with Crippen LogP contribution in [0.1, 0.15) is 35.6 Å². The highest BCUT2D eigenvalue weighted by molar-refractivity contribution is 5.85. The number of hydrogen-bond acceptors (Lipinski definition) is 6. The molecule has 0 saturated carbocycles. The fourth-order valence-corrected chi connectivity index (χ4v) is 2.42. The van der Waals surface area contributed by atoms with E-state index in [-0.39, 0.29) is 12.4 Å². The van der Waals surface area contributed by atoms with Gasteiger partial charge in [-0.05, 0) is 40.0 Å². The molecule has 8 heteroatoms. The Morgan fingerprint density at radius 3 is 2.60 bits per heavy atom. The summed E-state index contributed by atoms with van der Waals surface area (Å²) >= 11 is 0. The fourth-order valence-electron chi connectivity index (χ4n) is 2.42. The Morgan fingerprint density at radius 2 is 1.92 bits per heavy atom. The van der Waals surface area contributed by atoms with Gasteiger partial charge in [-0.1, -0.05) is 28.1 Å². The second-order valence-corrected chi connectivity index (χ2v) is 6.04. The van der Waals surface area contributed by atoms with Crippen LogP contribution >= 0.6 is 12.4 Å². The highest BCUT2D eigenvalue weighted by Crippen LogP contribution is 2.15. The zero-order chi connectivity index (χ0) is 17.1. The van der Waals surface area contributed by atoms with Crippen LogP contribution in [0.25, 0.3) is 5.69 Å². The van der Waals surface area contributed by atoms with Gasteiger partial charge in [0, 0.05) is 12.5 Å². The van der Waals surface area contributed by atoms with Crippen LogP contribution in [0.15, 0.2) is 28.8 Å². The van der Waals surface area contributed by atoms with E-state index in [0.717, 1.165) is 23.5 Å². The van der Waals surface area contributed by atoms with Gasteiger partial charge in [-0.2, -0.15) is 4.98 Å². The molecule has 0 spiro atoms. The molecule has 0 fully saturated rings. The number of aryl methyl sites for hydroxylation is 1. The van der Waals surface area contributed by atoms with Crippen LogP contribution in [-0.2, 0) is 12.8 Å². The minimum absolute atomic E-state index is 0. The summed E-state index contributed by atoms with van der Waals surface area (Å²) in [4.78, 5) is 4.43. The average Bonchev–Trinajstić information content (AvgIpc) is 3.16. The van der Waals surface area contributed by atoms with Crippen LogP contribution in [0.2, 0.25) is 0 Å². The first-order valence-electron chi connectivity index (χ1n) is 8.03. The van der Waals surface area contributed by atoms with Gasteiger partial charge in [-0.15, -0.1) is 17.5 Å². The third-order valence-electron chi connectivity index (χ3n) is 4.08. The van der Waals surface area contributed by atoms with Crippen molar-refractivity contribution in [1.29, 1.82) is 0 Å². The molecule has 0 aliphatic rings. The molecule has 0 radical (unpaired) electrons. The van der Waals surface area contributed by atoms with E-state index in [2.05, 4.69) is 51.7 Å². The lowest BCUT2D eigenvalue weighted by Gasteiger charge is -2.04. The van der Waals surface area contributed by atoms with Gasteiger partial charge in [-0.3, -0.25) is 0 Å². The Labute approximate surface area is 153 Å².